The van der Waals surface area contributed by atoms with E-state index in [9.17, 15) is 9.59 Å². The van der Waals surface area contributed by atoms with Crippen LogP contribution in [0.3, 0.4) is 0 Å². The van der Waals surface area contributed by atoms with Gasteiger partial charge < -0.3 is 15.0 Å². The number of rotatable bonds is 4. The summed E-state index contributed by atoms with van der Waals surface area (Å²) in [6.07, 6.45) is 1.32. The third-order valence-corrected chi connectivity index (χ3v) is 4.34. The molecular weight excluding hydrogens is 330 g/mol. The lowest BCUT2D eigenvalue weighted by Gasteiger charge is -2.37. The number of aromatic amines is 1. The van der Waals surface area contributed by atoms with Crippen LogP contribution in [0.2, 0.25) is 0 Å². The first kappa shape index (κ1) is 18.2. The summed E-state index contributed by atoms with van der Waals surface area (Å²) in [5.74, 6) is 0.791. The highest BCUT2D eigenvalue weighted by Gasteiger charge is 2.34. The van der Waals surface area contributed by atoms with Crippen molar-refractivity contribution in [2.75, 3.05) is 0 Å². The molecule has 3 rings (SSSR count). The maximum atomic E-state index is 12.8. The van der Waals surface area contributed by atoms with Gasteiger partial charge >= 0.3 is 5.69 Å². The van der Waals surface area contributed by atoms with Gasteiger partial charge in [-0.1, -0.05) is 32.0 Å². The molecule has 0 aliphatic carbocycles. The molecule has 138 valence electrons. The van der Waals surface area contributed by atoms with E-state index in [1.165, 1.54) is 0 Å². The Hall–Kier alpha value is -2.63. The SMILES string of the molecule is CC(C)Cc1cc(C(=O)N[C@H]2CC(C)(C)Oc3ccccc32)nc(=O)[nH]1. The Balaban J connectivity index is 1.86. The minimum absolute atomic E-state index is 0.145. The third-order valence-electron chi connectivity index (χ3n) is 4.34. The van der Waals surface area contributed by atoms with E-state index in [2.05, 4.69) is 29.1 Å². The van der Waals surface area contributed by atoms with Gasteiger partial charge in [0.15, 0.2) is 0 Å². The molecule has 26 heavy (non-hydrogen) atoms. The van der Waals surface area contributed by atoms with Crippen LogP contribution in [-0.4, -0.2) is 21.5 Å². The van der Waals surface area contributed by atoms with Gasteiger partial charge in [-0.15, -0.1) is 0 Å². The largest absolute Gasteiger partial charge is 0.487 e. The molecular formula is C20H25N3O3. The number of benzene rings is 1. The summed E-state index contributed by atoms with van der Waals surface area (Å²) in [7, 11) is 0. The summed E-state index contributed by atoms with van der Waals surface area (Å²) in [5.41, 5.74) is 0.911. The molecule has 2 aromatic rings. The first-order valence-corrected chi connectivity index (χ1v) is 8.92. The Morgan fingerprint density at radius 3 is 2.85 bits per heavy atom. The molecule has 0 radical (unpaired) electrons. The van der Waals surface area contributed by atoms with Gasteiger partial charge in [0.25, 0.3) is 5.91 Å². The van der Waals surface area contributed by atoms with Gasteiger partial charge in [-0.25, -0.2) is 4.79 Å². The van der Waals surface area contributed by atoms with E-state index >= 15 is 0 Å². The molecule has 6 nitrogen and oxygen atoms in total. The number of nitrogens with zero attached hydrogens (tertiary/aromatic N) is 1. The molecule has 0 bridgehead atoms. The molecule has 2 N–H and O–H groups in total. The molecule has 0 saturated carbocycles. The smallest absolute Gasteiger partial charge is 0.345 e. The van der Waals surface area contributed by atoms with E-state index in [-0.39, 0.29) is 17.6 Å². The Labute approximate surface area is 153 Å². The number of hydrogen-bond donors (Lipinski definition) is 2. The maximum Gasteiger partial charge on any atom is 0.345 e. The average Bonchev–Trinajstić information content (AvgIpc) is 2.52. The van der Waals surface area contributed by atoms with Crippen molar-refractivity contribution in [1.82, 2.24) is 15.3 Å². The highest BCUT2D eigenvalue weighted by molar-refractivity contribution is 5.92. The van der Waals surface area contributed by atoms with Crippen LogP contribution >= 0.6 is 0 Å². The van der Waals surface area contributed by atoms with Crippen molar-refractivity contribution in [3.05, 3.63) is 57.8 Å². The zero-order valence-electron chi connectivity index (χ0n) is 15.6. The molecule has 1 aliphatic rings. The van der Waals surface area contributed by atoms with Crippen molar-refractivity contribution in [3.8, 4) is 5.75 Å². The molecule has 2 heterocycles. The van der Waals surface area contributed by atoms with Crippen molar-refractivity contribution in [1.29, 1.82) is 0 Å². The van der Waals surface area contributed by atoms with Crippen LogP contribution in [-0.2, 0) is 6.42 Å². The molecule has 1 aromatic heterocycles. The van der Waals surface area contributed by atoms with Gasteiger partial charge in [0.05, 0.1) is 6.04 Å². The van der Waals surface area contributed by atoms with Crippen LogP contribution in [0.25, 0.3) is 0 Å². The minimum atomic E-state index is -0.499. The molecule has 0 saturated heterocycles. The molecule has 1 aliphatic heterocycles. The van der Waals surface area contributed by atoms with Crippen LogP contribution in [0.15, 0.2) is 35.1 Å². The topological polar surface area (TPSA) is 84.1 Å². The van der Waals surface area contributed by atoms with Crippen molar-refractivity contribution < 1.29 is 9.53 Å². The Kier molecular flexibility index (Phi) is 4.85. The molecule has 1 atom stereocenters. The van der Waals surface area contributed by atoms with E-state index in [1.807, 2.05) is 38.1 Å². The number of amides is 1. The van der Waals surface area contributed by atoms with Gasteiger partial charge in [0.2, 0.25) is 0 Å². The monoisotopic (exact) mass is 355 g/mol. The number of nitrogens with one attached hydrogen (secondary N) is 2. The summed E-state index contributed by atoms with van der Waals surface area (Å²) in [4.78, 5) is 31.1. The second-order valence-corrected chi connectivity index (χ2v) is 7.82. The Morgan fingerprint density at radius 2 is 2.12 bits per heavy atom. The number of carbonyl (C=O) groups excluding carboxylic acids is 1. The summed E-state index contributed by atoms with van der Waals surface area (Å²) >= 11 is 0. The van der Waals surface area contributed by atoms with E-state index in [1.54, 1.807) is 6.07 Å². The Morgan fingerprint density at radius 1 is 1.38 bits per heavy atom. The van der Waals surface area contributed by atoms with Crippen molar-refractivity contribution in [3.63, 3.8) is 0 Å². The summed E-state index contributed by atoms with van der Waals surface area (Å²) in [6.45, 7) is 8.10. The lowest BCUT2D eigenvalue weighted by molar-refractivity contribution is 0.0618. The van der Waals surface area contributed by atoms with Crippen LogP contribution in [0.4, 0.5) is 0 Å². The fourth-order valence-corrected chi connectivity index (χ4v) is 3.34. The van der Waals surface area contributed by atoms with Gasteiger partial charge in [0.1, 0.15) is 17.0 Å². The number of H-pyrrole nitrogens is 1. The fraction of sp³-hybridized carbons (Fsp3) is 0.450. The molecule has 0 unspecified atom stereocenters. The molecule has 0 spiro atoms. The number of hydrogen-bond acceptors (Lipinski definition) is 4. The second kappa shape index (κ2) is 6.94. The lowest BCUT2D eigenvalue weighted by atomic mass is 9.89. The van der Waals surface area contributed by atoms with Crippen LogP contribution in [0, 0.1) is 5.92 Å². The van der Waals surface area contributed by atoms with E-state index in [4.69, 9.17) is 4.74 Å². The first-order valence-electron chi connectivity index (χ1n) is 8.92. The van der Waals surface area contributed by atoms with Crippen molar-refractivity contribution in [2.24, 2.45) is 5.92 Å². The van der Waals surface area contributed by atoms with Gasteiger partial charge in [-0.3, -0.25) is 4.79 Å². The number of aromatic nitrogens is 2. The third kappa shape index (κ3) is 4.12. The zero-order valence-corrected chi connectivity index (χ0v) is 15.6. The van der Waals surface area contributed by atoms with Gasteiger partial charge in [0, 0.05) is 17.7 Å². The highest BCUT2D eigenvalue weighted by Crippen LogP contribution is 2.39. The van der Waals surface area contributed by atoms with Crippen LogP contribution in [0.5, 0.6) is 5.75 Å². The van der Waals surface area contributed by atoms with Gasteiger partial charge in [-0.2, -0.15) is 4.98 Å². The van der Waals surface area contributed by atoms with E-state index in [0.717, 1.165) is 17.0 Å². The van der Waals surface area contributed by atoms with Gasteiger partial charge in [-0.05, 0) is 38.3 Å². The predicted molar refractivity (Wildman–Crippen MR) is 99.4 cm³/mol. The molecule has 6 heteroatoms. The molecule has 1 aromatic carbocycles. The quantitative estimate of drug-likeness (QED) is 0.883. The second-order valence-electron chi connectivity index (χ2n) is 7.82. The number of carbonyl (C=O) groups is 1. The van der Waals surface area contributed by atoms with E-state index < -0.39 is 11.3 Å². The predicted octanol–water partition coefficient (Wildman–Crippen LogP) is 3.00. The van der Waals surface area contributed by atoms with E-state index in [0.29, 0.717) is 18.8 Å². The summed E-state index contributed by atoms with van der Waals surface area (Å²) in [5, 5.41) is 3.02. The number of ether oxygens (including phenoxy) is 1. The van der Waals surface area contributed by atoms with Crippen LogP contribution in [0.1, 0.15) is 61.9 Å². The maximum absolute atomic E-state index is 12.8. The van der Waals surface area contributed by atoms with Crippen molar-refractivity contribution in [2.45, 2.75) is 52.2 Å². The summed E-state index contributed by atoms with van der Waals surface area (Å²) in [6, 6.07) is 9.15. The molecule has 1 amide bonds. The number of para-hydroxylation sites is 1. The average molecular weight is 355 g/mol. The lowest BCUT2D eigenvalue weighted by Crippen LogP contribution is -2.41. The normalized spacial score (nSPS) is 18.1. The standard InChI is InChI=1S/C20H25N3O3/c1-12(2)9-13-10-15(23-19(25)21-13)18(24)22-16-11-20(3,4)26-17-8-6-5-7-14(16)17/h5-8,10,12,16H,9,11H2,1-4H3,(H,22,24)(H,21,23,25)/t16-/m0/s1. The van der Waals surface area contributed by atoms with Crippen molar-refractivity contribution >= 4 is 5.91 Å². The molecule has 0 fully saturated rings. The minimum Gasteiger partial charge on any atom is -0.487 e. The Bertz CT molecular complexity index is 871. The highest BCUT2D eigenvalue weighted by atomic mass is 16.5. The zero-order chi connectivity index (χ0) is 18.9. The number of fused-ring (bicyclic) bond motifs is 1. The summed E-state index contributed by atoms with van der Waals surface area (Å²) < 4.78 is 6.00. The van der Waals surface area contributed by atoms with Crippen LogP contribution < -0.4 is 15.7 Å². The fourth-order valence-electron chi connectivity index (χ4n) is 3.34. The first-order chi connectivity index (χ1) is 12.2.